The number of carbonyl (C=O) groups excluding carboxylic acids is 1. The van der Waals surface area contributed by atoms with Crippen LogP contribution in [0.2, 0.25) is 0 Å². The zero-order valence-electron chi connectivity index (χ0n) is 7.92. The average molecular weight is 206 g/mol. The van der Waals surface area contributed by atoms with Crippen LogP contribution in [-0.4, -0.2) is 18.6 Å². The lowest BCUT2D eigenvalue weighted by Crippen LogP contribution is -2.32. The summed E-state index contributed by atoms with van der Waals surface area (Å²) in [6.45, 7) is 0.185. The lowest BCUT2D eigenvalue weighted by Gasteiger charge is -2.09. The van der Waals surface area contributed by atoms with E-state index in [0.717, 1.165) is 5.56 Å². The zero-order valence-corrected chi connectivity index (χ0v) is 7.92. The molecule has 1 heterocycles. The van der Waals surface area contributed by atoms with E-state index in [4.69, 9.17) is 4.74 Å². The molecule has 1 N–H and O–H groups in total. The Balaban J connectivity index is 2.05. The molecule has 1 aliphatic rings. The van der Waals surface area contributed by atoms with Crippen molar-refractivity contribution in [2.75, 3.05) is 6.61 Å². The molecule has 1 unspecified atom stereocenters. The number of hydrogen-bond donors (Lipinski definition) is 1. The van der Waals surface area contributed by atoms with Gasteiger partial charge in [-0.05, 0) is 5.56 Å². The number of carbonyl (C=O) groups is 1. The van der Waals surface area contributed by atoms with Gasteiger partial charge in [0.15, 0.2) is 0 Å². The van der Waals surface area contributed by atoms with E-state index in [0.29, 0.717) is 0 Å². The van der Waals surface area contributed by atoms with E-state index in [1.165, 1.54) is 0 Å². The number of ether oxygens (including phenoxy) is 1. The molecule has 2 rings (SSSR count). The van der Waals surface area contributed by atoms with E-state index in [1.54, 1.807) is 0 Å². The number of nitrogens with zero attached hydrogens (tertiary/aromatic N) is 1. The molecule has 0 saturated carbocycles. The highest BCUT2D eigenvalue weighted by Gasteiger charge is 2.31. The molecule has 15 heavy (non-hydrogen) atoms. The molecule has 1 aliphatic heterocycles. The molecule has 2 atom stereocenters. The summed E-state index contributed by atoms with van der Waals surface area (Å²) in [6.07, 6.45) is -0.332. The number of amides is 1. The maximum atomic E-state index is 11.0. The van der Waals surface area contributed by atoms with Crippen LogP contribution in [0.3, 0.4) is 0 Å². The van der Waals surface area contributed by atoms with Crippen molar-refractivity contribution in [2.24, 2.45) is 5.18 Å². The van der Waals surface area contributed by atoms with Crippen LogP contribution < -0.4 is 5.32 Å². The van der Waals surface area contributed by atoms with E-state index in [-0.39, 0.29) is 12.8 Å². The summed E-state index contributed by atoms with van der Waals surface area (Å²) in [6, 6.07) is 8.82. The predicted octanol–water partition coefficient (Wildman–Crippen LogP) is 0.967. The fourth-order valence-electron chi connectivity index (χ4n) is 1.50. The van der Waals surface area contributed by atoms with E-state index >= 15 is 0 Å². The van der Waals surface area contributed by atoms with E-state index in [2.05, 4.69) is 10.5 Å². The normalized spacial score (nSPS) is 25.1. The molecule has 0 radical (unpaired) electrons. The molecule has 0 bridgehead atoms. The molecule has 0 aromatic heterocycles. The van der Waals surface area contributed by atoms with Crippen molar-refractivity contribution < 1.29 is 9.53 Å². The second-order valence-electron chi connectivity index (χ2n) is 3.27. The first-order valence-electron chi connectivity index (χ1n) is 4.61. The first-order chi connectivity index (χ1) is 7.31. The molecule has 5 heteroatoms. The number of rotatable bonds is 2. The Labute approximate surface area is 86.4 Å². The maximum absolute atomic E-state index is 11.0. The third-order valence-electron chi connectivity index (χ3n) is 2.27. The molecule has 1 aromatic rings. The molecule has 1 aromatic carbocycles. The van der Waals surface area contributed by atoms with Crippen LogP contribution in [-0.2, 0) is 9.53 Å². The predicted molar refractivity (Wildman–Crippen MR) is 52.9 cm³/mol. The Morgan fingerprint density at radius 2 is 2.13 bits per heavy atom. The van der Waals surface area contributed by atoms with Crippen LogP contribution in [0.5, 0.6) is 0 Å². The third kappa shape index (κ3) is 2.08. The Kier molecular flexibility index (Phi) is 2.84. The molecule has 1 saturated heterocycles. The number of nitroso groups, excluding NO2 is 1. The van der Waals surface area contributed by atoms with Crippen LogP contribution in [0.1, 0.15) is 11.8 Å². The van der Waals surface area contributed by atoms with Gasteiger partial charge < -0.3 is 4.74 Å². The van der Waals surface area contributed by atoms with Gasteiger partial charge >= 0.3 is 5.91 Å². The van der Waals surface area contributed by atoms with Crippen LogP contribution >= 0.6 is 0 Å². The van der Waals surface area contributed by atoms with Crippen molar-refractivity contribution in [3.8, 4) is 0 Å². The molecule has 0 aliphatic carbocycles. The van der Waals surface area contributed by atoms with Crippen LogP contribution in [0, 0.1) is 4.91 Å². The minimum atomic E-state index is -0.714. The fourth-order valence-corrected chi connectivity index (χ4v) is 1.50. The Morgan fingerprint density at radius 3 is 2.80 bits per heavy atom. The highest BCUT2D eigenvalue weighted by Crippen LogP contribution is 2.20. The van der Waals surface area contributed by atoms with Gasteiger partial charge in [-0.25, -0.2) is 0 Å². The molecular weight excluding hydrogens is 196 g/mol. The SMILES string of the molecule is O=NC(=O)[C@@H]1COC(c2ccccc2)N1. The van der Waals surface area contributed by atoms with Gasteiger partial charge in [0.25, 0.3) is 0 Å². The standard InChI is InChI=1S/C10H10N2O3/c13-9(12-14)8-6-15-10(11-8)7-4-2-1-3-5-7/h1-5,8,10-11H,6H2/t8-,10?/m0/s1. The summed E-state index contributed by atoms with van der Waals surface area (Å²) in [4.78, 5) is 21.0. The number of benzene rings is 1. The maximum Gasteiger partial charge on any atom is 0.305 e. The van der Waals surface area contributed by atoms with Gasteiger partial charge in [-0.1, -0.05) is 30.3 Å². The fraction of sp³-hybridized carbons (Fsp3) is 0.300. The molecule has 1 fully saturated rings. The van der Waals surface area contributed by atoms with Crippen molar-refractivity contribution in [1.29, 1.82) is 0 Å². The first kappa shape index (κ1) is 9.95. The Morgan fingerprint density at radius 1 is 1.40 bits per heavy atom. The van der Waals surface area contributed by atoms with Gasteiger partial charge in [0.1, 0.15) is 12.3 Å². The highest BCUT2D eigenvalue weighted by atomic mass is 16.5. The van der Waals surface area contributed by atoms with Crippen molar-refractivity contribution >= 4 is 5.91 Å². The summed E-state index contributed by atoms with van der Waals surface area (Å²) < 4.78 is 5.34. The first-order valence-corrected chi connectivity index (χ1v) is 4.61. The Bertz CT molecular complexity index is 366. The summed E-state index contributed by atoms with van der Waals surface area (Å²) in [5.74, 6) is -0.714. The van der Waals surface area contributed by atoms with Crippen molar-refractivity contribution in [2.45, 2.75) is 12.3 Å². The van der Waals surface area contributed by atoms with Crippen LogP contribution in [0.4, 0.5) is 0 Å². The van der Waals surface area contributed by atoms with Gasteiger partial charge in [0, 0.05) is 5.18 Å². The van der Waals surface area contributed by atoms with Gasteiger partial charge in [-0.15, -0.1) is 4.91 Å². The van der Waals surface area contributed by atoms with Gasteiger partial charge in [-0.3, -0.25) is 10.1 Å². The quantitative estimate of drug-likeness (QED) is 0.732. The topological polar surface area (TPSA) is 67.8 Å². The third-order valence-corrected chi connectivity index (χ3v) is 2.27. The van der Waals surface area contributed by atoms with E-state index < -0.39 is 11.9 Å². The summed E-state index contributed by atoms with van der Waals surface area (Å²) in [5.41, 5.74) is 0.929. The van der Waals surface area contributed by atoms with Crippen molar-refractivity contribution in [3.63, 3.8) is 0 Å². The average Bonchev–Trinajstić information content (AvgIpc) is 2.78. The molecule has 1 amide bonds. The van der Waals surface area contributed by atoms with Crippen LogP contribution in [0.15, 0.2) is 35.5 Å². The monoisotopic (exact) mass is 206 g/mol. The lowest BCUT2D eigenvalue weighted by molar-refractivity contribution is -0.119. The van der Waals surface area contributed by atoms with Crippen LogP contribution in [0.25, 0.3) is 0 Å². The smallest absolute Gasteiger partial charge is 0.305 e. The van der Waals surface area contributed by atoms with E-state index in [1.807, 2.05) is 30.3 Å². The minimum absolute atomic E-state index is 0.185. The molecule has 78 valence electrons. The van der Waals surface area contributed by atoms with E-state index in [9.17, 15) is 9.70 Å². The largest absolute Gasteiger partial charge is 0.357 e. The minimum Gasteiger partial charge on any atom is -0.357 e. The summed E-state index contributed by atoms with van der Waals surface area (Å²) >= 11 is 0. The second-order valence-corrected chi connectivity index (χ2v) is 3.27. The molecule has 5 nitrogen and oxygen atoms in total. The van der Waals surface area contributed by atoms with Gasteiger partial charge in [0.05, 0.1) is 6.61 Å². The van der Waals surface area contributed by atoms with Crippen molar-refractivity contribution in [3.05, 3.63) is 40.8 Å². The van der Waals surface area contributed by atoms with Gasteiger partial charge in [0.2, 0.25) is 0 Å². The number of nitrogens with one attached hydrogen (secondary N) is 1. The zero-order chi connectivity index (χ0) is 10.7. The lowest BCUT2D eigenvalue weighted by atomic mass is 10.2. The van der Waals surface area contributed by atoms with Crippen molar-refractivity contribution in [1.82, 2.24) is 5.32 Å². The Hall–Kier alpha value is -1.59. The molecular formula is C10H10N2O3. The second kappa shape index (κ2) is 4.29. The summed E-state index contributed by atoms with van der Waals surface area (Å²) in [7, 11) is 0. The van der Waals surface area contributed by atoms with Gasteiger partial charge in [-0.2, -0.15) is 0 Å². The highest BCUT2D eigenvalue weighted by molar-refractivity contribution is 5.82. The number of hydrogen-bond acceptors (Lipinski definition) is 4. The summed E-state index contributed by atoms with van der Waals surface area (Å²) in [5, 5.41) is 5.26. The molecule has 0 spiro atoms.